The van der Waals surface area contributed by atoms with Gasteiger partial charge in [-0.05, 0) is 155 Å². The van der Waals surface area contributed by atoms with E-state index in [9.17, 15) is 15.2 Å². The Labute approximate surface area is 434 Å². The van der Waals surface area contributed by atoms with Gasteiger partial charge in [0, 0.05) is 36.4 Å². The molecule has 1 N–H and O–H groups in total. The van der Waals surface area contributed by atoms with Crippen molar-refractivity contribution in [3.8, 4) is 60.7 Å². The predicted octanol–water partition coefficient (Wildman–Crippen LogP) is 19.1. The van der Waals surface area contributed by atoms with Gasteiger partial charge in [0.25, 0.3) is 0 Å². The average Bonchev–Trinajstić information content (AvgIpc) is 4.04. The molecule has 6 aromatic carbocycles. The third kappa shape index (κ3) is 13.5. The van der Waals surface area contributed by atoms with E-state index >= 15 is 0 Å². The molecule has 0 atom stereocenters. The standard InChI is InChI=1S/C64H66N2O4S2/c1-4-7-10-13-16-52-43-61(72-63(52)53-18-17-51-41-60(71-62(51)44-53)42-54(45-65)64(67)68)50-23-33-57(34-24-50)66(55-29-19-46(20-30-55)48-25-35-58(36-26-48)69-39-14-11-8-5-2)56-31-21-47(22-32-56)49-27-37-59(38-28-49)70-40-15-12-9-6-3/h17-38,41-44H,4-16,39-40H2,1-3H3,(H,67,68)/b54-42-. The highest BCUT2D eigenvalue weighted by Gasteiger charge is 2.18. The van der Waals surface area contributed by atoms with E-state index in [4.69, 9.17) is 9.47 Å². The van der Waals surface area contributed by atoms with Gasteiger partial charge < -0.3 is 19.5 Å². The Morgan fingerprint density at radius 3 is 1.47 bits per heavy atom. The van der Waals surface area contributed by atoms with Gasteiger partial charge in [0.1, 0.15) is 23.1 Å². The molecule has 0 aliphatic carbocycles. The Morgan fingerprint density at radius 2 is 1.00 bits per heavy atom. The number of hydrogen-bond donors (Lipinski definition) is 1. The van der Waals surface area contributed by atoms with Crippen LogP contribution in [0.15, 0.2) is 157 Å². The van der Waals surface area contributed by atoms with Gasteiger partial charge in [0.05, 0.1) is 13.2 Å². The third-order valence-corrected chi connectivity index (χ3v) is 15.4. The first-order valence-electron chi connectivity index (χ1n) is 25.9. The molecule has 2 aromatic heterocycles. The van der Waals surface area contributed by atoms with Gasteiger partial charge in [0.15, 0.2) is 0 Å². The molecular weight excluding hydrogens is 925 g/mol. The molecule has 0 saturated heterocycles. The van der Waals surface area contributed by atoms with Gasteiger partial charge >= 0.3 is 5.97 Å². The number of unbranched alkanes of at least 4 members (excludes halogenated alkanes) is 9. The molecule has 0 saturated carbocycles. The zero-order valence-corrected chi connectivity index (χ0v) is 43.6. The monoisotopic (exact) mass is 990 g/mol. The van der Waals surface area contributed by atoms with E-state index in [1.807, 2.05) is 17.4 Å². The van der Waals surface area contributed by atoms with Crippen molar-refractivity contribution in [1.29, 1.82) is 5.26 Å². The number of aliphatic carboxylic acids is 1. The van der Waals surface area contributed by atoms with Crippen LogP contribution < -0.4 is 14.4 Å². The van der Waals surface area contributed by atoms with Gasteiger partial charge in [-0.2, -0.15) is 5.26 Å². The number of rotatable bonds is 26. The maximum Gasteiger partial charge on any atom is 0.346 e. The summed E-state index contributed by atoms with van der Waals surface area (Å²) in [5.41, 5.74) is 11.2. The second-order valence-corrected chi connectivity index (χ2v) is 20.7. The lowest BCUT2D eigenvalue weighted by molar-refractivity contribution is -0.132. The molecule has 72 heavy (non-hydrogen) atoms. The number of nitriles is 1. The number of anilines is 3. The number of carbonyl (C=O) groups is 1. The van der Waals surface area contributed by atoms with Crippen LogP contribution in [0, 0.1) is 11.3 Å². The molecule has 368 valence electrons. The van der Waals surface area contributed by atoms with Crippen molar-refractivity contribution in [2.75, 3.05) is 18.1 Å². The summed E-state index contributed by atoms with van der Waals surface area (Å²) in [5.74, 6) is 0.605. The molecule has 6 nitrogen and oxygen atoms in total. The van der Waals surface area contributed by atoms with Crippen LogP contribution >= 0.6 is 22.7 Å². The quantitative estimate of drug-likeness (QED) is 0.0331. The largest absolute Gasteiger partial charge is 0.494 e. The lowest BCUT2D eigenvalue weighted by Crippen LogP contribution is -2.09. The Hall–Kier alpha value is -6.92. The number of aryl methyl sites for hydroxylation is 1. The number of thiophene rings is 2. The second kappa shape index (κ2) is 26.0. The van der Waals surface area contributed by atoms with Crippen LogP contribution in [0.5, 0.6) is 11.5 Å². The smallest absolute Gasteiger partial charge is 0.346 e. The van der Waals surface area contributed by atoms with Gasteiger partial charge in [-0.3, -0.25) is 0 Å². The van der Waals surface area contributed by atoms with Crippen LogP contribution in [0.4, 0.5) is 17.1 Å². The summed E-state index contributed by atoms with van der Waals surface area (Å²) in [6.07, 6.45) is 16.7. The zero-order valence-electron chi connectivity index (χ0n) is 42.0. The van der Waals surface area contributed by atoms with Crippen molar-refractivity contribution in [3.05, 3.63) is 168 Å². The number of fused-ring (bicyclic) bond motifs is 1. The van der Waals surface area contributed by atoms with Crippen molar-refractivity contribution in [3.63, 3.8) is 0 Å². The average molecular weight is 991 g/mol. The predicted molar refractivity (Wildman–Crippen MR) is 304 cm³/mol. The first-order chi connectivity index (χ1) is 35.3. The highest BCUT2D eigenvalue weighted by atomic mass is 32.1. The van der Waals surface area contributed by atoms with E-state index in [0.29, 0.717) is 0 Å². The van der Waals surface area contributed by atoms with E-state index in [1.165, 1.54) is 96.1 Å². The SMILES string of the molecule is CCCCCCOc1ccc(-c2ccc(N(c3ccc(-c4ccc(OCCCCCC)cc4)cc3)c3ccc(-c4cc(CCCCCC)c(-c5ccc6cc(/C=C(/C#N)C(=O)O)sc6c5)s4)cc3)cc2)cc1. The van der Waals surface area contributed by atoms with Crippen molar-refractivity contribution in [2.24, 2.45) is 0 Å². The molecule has 0 amide bonds. The molecular formula is C64H66N2O4S2. The summed E-state index contributed by atoms with van der Waals surface area (Å²) in [6, 6.07) is 56.2. The number of carboxylic acids is 1. The van der Waals surface area contributed by atoms with Crippen molar-refractivity contribution >= 4 is 61.9 Å². The maximum absolute atomic E-state index is 11.6. The van der Waals surface area contributed by atoms with Crippen LogP contribution in [0.3, 0.4) is 0 Å². The number of hydrogen-bond acceptors (Lipinski definition) is 7. The second-order valence-electron chi connectivity index (χ2n) is 18.5. The summed E-state index contributed by atoms with van der Waals surface area (Å²) in [4.78, 5) is 17.1. The highest BCUT2D eigenvalue weighted by Crippen LogP contribution is 2.43. The molecule has 0 radical (unpaired) electrons. The molecule has 2 heterocycles. The van der Waals surface area contributed by atoms with E-state index in [2.05, 4.69) is 171 Å². The molecule has 8 heteroatoms. The zero-order chi connectivity index (χ0) is 50.1. The van der Waals surface area contributed by atoms with Gasteiger partial charge in [-0.25, -0.2) is 4.79 Å². The molecule has 0 bridgehead atoms. The summed E-state index contributed by atoms with van der Waals surface area (Å²) in [7, 11) is 0. The first kappa shape index (κ1) is 51.4. The summed E-state index contributed by atoms with van der Waals surface area (Å²) in [5, 5.41) is 19.9. The summed E-state index contributed by atoms with van der Waals surface area (Å²) >= 11 is 3.33. The summed E-state index contributed by atoms with van der Waals surface area (Å²) < 4.78 is 13.1. The number of carboxylic acid groups (broad SMARTS) is 1. The van der Waals surface area contributed by atoms with Crippen LogP contribution in [0.2, 0.25) is 0 Å². The lowest BCUT2D eigenvalue weighted by Gasteiger charge is -2.26. The van der Waals surface area contributed by atoms with E-state index in [0.717, 1.165) is 110 Å². The molecule has 0 unspecified atom stereocenters. The molecule has 8 rings (SSSR count). The Bertz CT molecular complexity index is 2950. The normalized spacial score (nSPS) is 11.4. The van der Waals surface area contributed by atoms with Gasteiger partial charge in [-0.1, -0.05) is 151 Å². The molecule has 0 fully saturated rings. The van der Waals surface area contributed by atoms with E-state index in [1.54, 1.807) is 6.07 Å². The lowest BCUT2D eigenvalue weighted by atomic mass is 10.0. The topological polar surface area (TPSA) is 82.8 Å². The van der Waals surface area contributed by atoms with Crippen LogP contribution in [0.1, 0.15) is 108 Å². The highest BCUT2D eigenvalue weighted by molar-refractivity contribution is 7.20. The minimum atomic E-state index is -1.22. The van der Waals surface area contributed by atoms with E-state index < -0.39 is 5.97 Å². The minimum absolute atomic E-state index is 0.267. The fourth-order valence-electron chi connectivity index (χ4n) is 9.04. The third-order valence-electron chi connectivity index (χ3n) is 13.1. The minimum Gasteiger partial charge on any atom is -0.494 e. The van der Waals surface area contributed by atoms with Crippen molar-refractivity contribution in [1.82, 2.24) is 0 Å². The number of benzene rings is 6. The fourth-order valence-corrected chi connectivity index (χ4v) is 11.3. The van der Waals surface area contributed by atoms with Crippen LogP contribution in [-0.2, 0) is 11.2 Å². The van der Waals surface area contributed by atoms with E-state index in [-0.39, 0.29) is 5.57 Å². The van der Waals surface area contributed by atoms with Crippen molar-refractivity contribution < 1.29 is 19.4 Å². The molecule has 0 aliphatic heterocycles. The Balaban J connectivity index is 1.07. The van der Waals surface area contributed by atoms with Gasteiger partial charge in [-0.15, -0.1) is 22.7 Å². The van der Waals surface area contributed by atoms with Gasteiger partial charge in [0.2, 0.25) is 0 Å². The van der Waals surface area contributed by atoms with Crippen LogP contribution in [-0.4, -0.2) is 24.3 Å². The first-order valence-corrected chi connectivity index (χ1v) is 27.6. The van der Waals surface area contributed by atoms with Crippen LogP contribution in [0.25, 0.3) is 59.3 Å². The number of nitrogens with zero attached hydrogens (tertiary/aromatic N) is 2. The Morgan fingerprint density at radius 1 is 0.542 bits per heavy atom. The molecule has 0 aliphatic rings. The fraction of sp³-hybridized carbons (Fsp3) is 0.281. The summed E-state index contributed by atoms with van der Waals surface area (Å²) in [6.45, 7) is 8.20. The Kier molecular flexibility index (Phi) is 18.6. The molecule has 8 aromatic rings. The maximum atomic E-state index is 11.6. The molecule has 0 spiro atoms. The van der Waals surface area contributed by atoms with Crippen molar-refractivity contribution in [2.45, 2.75) is 104 Å². The number of ether oxygens (including phenoxy) is 2.